The van der Waals surface area contributed by atoms with Gasteiger partial charge in [0.15, 0.2) is 0 Å². The van der Waals surface area contributed by atoms with Gasteiger partial charge in [0.05, 0.1) is 6.54 Å². The highest BCUT2D eigenvalue weighted by atomic mass is 16.5. The van der Waals surface area contributed by atoms with E-state index in [4.69, 9.17) is 9.15 Å². The molecule has 0 aromatic carbocycles. The Balaban J connectivity index is 2.00. The van der Waals surface area contributed by atoms with Crippen molar-refractivity contribution in [1.82, 2.24) is 5.32 Å². The highest BCUT2D eigenvalue weighted by molar-refractivity contribution is 5.11. The zero-order chi connectivity index (χ0) is 9.80. The summed E-state index contributed by atoms with van der Waals surface area (Å²) in [7, 11) is 1.93. The van der Waals surface area contributed by atoms with Crippen LogP contribution in [0.15, 0.2) is 16.5 Å². The zero-order valence-electron chi connectivity index (χ0n) is 8.58. The normalized spacial score (nSPS) is 18.6. The summed E-state index contributed by atoms with van der Waals surface area (Å²) >= 11 is 0. The van der Waals surface area contributed by atoms with Crippen LogP contribution in [0, 0.1) is 0 Å². The van der Waals surface area contributed by atoms with Crippen molar-refractivity contribution in [3.8, 4) is 0 Å². The van der Waals surface area contributed by atoms with Crippen molar-refractivity contribution in [3.63, 3.8) is 0 Å². The van der Waals surface area contributed by atoms with Crippen LogP contribution in [0.1, 0.15) is 30.3 Å². The molecule has 1 aliphatic rings. The van der Waals surface area contributed by atoms with E-state index in [-0.39, 0.29) is 0 Å². The number of nitrogens with one attached hydrogen (secondary N) is 1. The van der Waals surface area contributed by atoms with Crippen LogP contribution in [0.25, 0.3) is 0 Å². The summed E-state index contributed by atoms with van der Waals surface area (Å²) in [5.41, 5.74) is 0. The van der Waals surface area contributed by atoms with Gasteiger partial charge in [-0.1, -0.05) is 0 Å². The Hall–Kier alpha value is -0.800. The maximum Gasteiger partial charge on any atom is 0.117 e. The molecule has 1 aromatic rings. The Kier molecular flexibility index (Phi) is 3.22. The maximum atomic E-state index is 5.75. The molecule has 0 saturated carbocycles. The first-order valence-electron chi connectivity index (χ1n) is 5.21. The summed E-state index contributed by atoms with van der Waals surface area (Å²) in [6.45, 7) is 2.54. The van der Waals surface area contributed by atoms with Crippen molar-refractivity contribution >= 4 is 0 Å². The average Bonchev–Trinajstić information content (AvgIpc) is 2.68. The molecule has 2 heterocycles. The molecule has 0 atom stereocenters. The summed E-state index contributed by atoms with van der Waals surface area (Å²) in [5, 5.41) is 3.08. The van der Waals surface area contributed by atoms with Crippen molar-refractivity contribution in [1.29, 1.82) is 0 Å². The second-order valence-corrected chi connectivity index (χ2v) is 3.72. The van der Waals surface area contributed by atoms with Crippen molar-refractivity contribution in [2.24, 2.45) is 0 Å². The van der Waals surface area contributed by atoms with E-state index < -0.39 is 0 Å². The van der Waals surface area contributed by atoms with Gasteiger partial charge in [-0.2, -0.15) is 0 Å². The van der Waals surface area contributed by atoms with E-state index in [1.54, 1.807) is 0 Å². The third-order valence-electron chi connectivity index (χ3n) is 2.66. The van der Waals surface area contributed by atoms with Gasteiger partial charge in [0.2, 0.25) is 0 Å². The first-order valence-corrected chi connectivity index (χ1v) is 5.21. The third-order valence-corrected chi connectivity index (χ3v) is 2.66. The lowest BCUT2D eigenvalue weighted by Gasteiger charge is -2.19. The number of furan rings is 1. The highest BCUT2D eigenvalue weighted by Crippen LogP contribution is 2.28. The number of ether oxygens (including phenoxy) is 1. The molecule has 0 bridgehead atoms. The first-order chi connectivity index (χ1) is 6.90. The quantitative estimate of drug-likeness (QED) is 0.799. The van der Waals surface area contributed by atoms with E-state index in [1.807, 2.05) is 7.05 Å². The summed E-state index contributed by atoms with van der Waals surface area (Å²) in [5.74, 6) is 2.71. The van der Waals surface area contributed by atoms with Gasteiger partial charge in [0.1, 0.15) is 11.5 Å². The van der Waals surface area contributed by atoms with Crippen LogP contribution in [0.5, 0.6) is 0 Å². The summed E-state index contributed by atoms with van der Waals surface area (Å²) in [6, 6.07) is 4.16. The van der Waals surface area contributed by atoms with Crippen molar-refractivity contribution in [2.45, 2.75) is 25.3 Å². The fraction of sp³-hybridized carbons (Fsp3) is 0.636. The predicted molar refractivity (Wildman–Crippen MR) is 54.3 cm³/mol. The van der Waals surface area contributed by atoms with Gasteiger partial charge in [-0.05, 0) is 32.0 Å². The van der Waals surface area contributed by atoms with Crippen LogP contribution >= 0.6 is 0 Å². The summed E-state index contributed by atoms with van der Waals surface area (Å²) < 4.78 is 11.1. The highest BCUT2D eigenvalue weighted by Gasteiger charge is 2.18. The lowest BCUT2D eigenvalue weighted by atomic mass is 9.98. The molecule has 1 saturated heterocycles. The van der Waals surface area contributed by atoms with Gasteiger partial charge < -0.3 is 14.5 Å². The Labute approximate surface area is 84.4 Å². The molecular formula is C11H17NO2. The molecule has 2 rings (SSSR count). The Morgan fingerprint density at radius 2 is 2.14 bits per heavy atom. The van der Waals surface area contributed by atoms with Gasteiger partial charge in [0.25, 0.3) is 0 Å². The molecule has 0 radical (unpaired) electrons. The molecule has 0 aliphatic carbocycles. The largest absolute Gasteiger partial charge is 0.464 e. The van der Waals surface area contributed by atoms with Gasteiger partial charge in [-0.25, -0.2) is 0 Å². The molecule has 3 nitrogen and oxygen atoms in total. The van der Waals surface area contributed by atoms with Crippen molar-refractivity contribution < 1.29 is 9.15 Å². The molecule has 78 valence electrons. The van der Waals surface area contributed by atoms with Crippen LogP contribution < -0.4 is 5.32 Å². The molecule has 14 heavy (non-hydrogen) atoms. The smallest absolute Gasteiger partial charge is 0.117 e. The zero-order valence-corrected chi connectivity index (χ0v) is 8.58. The van der Waals surface area contributed by atoms with Crippen molar-refractivity contribution in [2.75, 3.05) is 20.3 Å². The standard InChI is InChI=1S/C11H17NO2/c1-12-8-10-2-3-11(14-10)9-4-6-13-7-5-9/h2-3,9,12H,4-8H2,1H3. The second-order valence-electron chi connectivity index (χ2n) is 3.72. The fourth-order valence-electron chi connectivity index (χ4n) is 1.87. The SMILES string of the molecule is CNCc1ccc(C2CCOCC2)o1. The predicted octanol–water partition coefficient (Wildman–Crippen LogP) is 1.89. The first kappa shape index (κ1) is 9.74. The van der Waals surface area contributed by atoms with E-state index in [2.05, 4.69) is 17.4 Å². The Morgan fingerprint density at radius 1 is 1.36 bits per heavy atom. The van der Waals surface area contributed by atoms with E-state index >= 15 is 0 Å². The summed E-state index contributed by atoms with van der Waals surface area (Å²) in [6.07, 6.45) is 2.18. The van der Waals surface area contributed by atoms with Gasteiger partial charge >= 0.3 is 0 Å². The van der Waals surface area contributed by atoms with E-state index in [1.165, 1.54) is 0 Å². The number of rotatable bonds is 3. The molecule has 0 spiro atoms. The summed E-state index contributed by atoms with van der Waals surface area (Å²) in [4.78, 5) is 0. The average molecular weight is 195 g/mol. The van der Waals surface area contributed by atoms with E-state index in [0.29, 0.717) is 5.92 Å². The fourth-order valence-corrected chi connectivity index (χ4v) is 1.87. The minimum atomic E-state index is 0.564. The molecule has 0 unspecified atom stereocenters. The molecule has 0 amide bonds. The van der Waals surface area contributed by atoms with Gasteiger partial charge in [0, 0.05) is 19.1 Å². The Bertz CT molecular complexity index is 277. The minimum Gasteiger partial charge on any atom is -0.464 e. The van der Waals surface area contributed by atoms with Crippen LogP contribution in [-0.4, -0.2) is 20.3 Å². The van der Waals surface area contributed by atoms with Crippen LogP contribution in [-0.2, 0) is 11.3 Å². The lowest BCUT2D eigenvalue weighted by Crippen LogP contribution is -2.13. The van der Waals surface area contributed by atoms with Crippen LogP contribution in [0.2, 0.25) is 0 Å². The molecule has 1 fully saturated rings. The molecule has 1 N–H and O–H groups in total. The van der Waals surface area contributed by atoms with Crippen LogP contribution in [0.4, 0.5) is 0 Å². The lowest BCUT2D eigenvalue weighted by molar-refractivity contribution is 0.0803. The maximum absolute atomic E-state index is 5.75. The monoisotopic (exact) mass is 195 g/mol. The van der Waals surface area contributed by atoms with Crippen LogP contribution in [0.3, 0.4) is 0 Å². The molecule has 3 heteroatoms. The topological polar surface area (TPSA) is 34.4 Å². The third kappa shape index (κ3) is 2.16. The number of hydrogen-bond donors (Lipinski definition) is 1. The Morgan fingerprint density at radius 3 is 2.86 bits per heavy atom. The van der Waals surface area contributed by atoms with Gasteiger partial charge in [-0.3, -0.25) is 0 Å². The molecular weight excluding hydrogens is 178 g/mol. The second kappa shape index (κ2) is 4.62. The van der Waals surface area contributed by atoms with E-state index in [9.17, 15) is 0 Å². The number of hydrogen-bond acceptors (Lipinski definition) is 3. The van der Waals surface area contributed by atoms with Gasteiger partial charge in [-0.15, -0.1) is 0 Å². The van der Waals surface area contributed by atoms with E-state index in [0.717, 1.165) is 44.1 Å². The molecule has 1 aliphatic heterocycles. The van der Waals surface area contributed by atoms with Crippen molar-refractivity contribution in [3.05, 3.63) is 23.7 Å². The molecule has 1 aromatic heterocycles. The minimum absolute atomic E-state index is 0.564.